The van der Waals surface area contributed by atoms with Crippen LogP contribution in [0.5, 0.6) is 5.75 Å². The maximum atomic E-state index is 13.4. The van der Waals surface area contributed by atoms with Gasteiger partial charge in [-0.25, -0.2) is 9.59 Å². The summed E-state index contributed by atoms with van der Waals surface area (Å²) in [5, 5.41) is 16.6. The van der Waals surface area contributed by atoms with Gasteiger partial charge in [-0.05, 0) is 36.1 Å². The summed E-state index contributed by atoms with van der Waals surface area (Å²) >= 11 is 6.00. The highest BCUT2D eigenvalue weighted by Crippen LogP contribution is 2.28. The molecule has 0 saturated heterocycles. The van der Waals surface area contributed by atoms with Crippen molar-refractivity contribution in [2.45, 2.75) is 63.4 Å². The molecule has 4 amide bonds. The van der Waals surface area contributed by atoms with Gasteiger partial charge in [-0.2, -0.15) is 0 Å². The molecule has 1 unspecified atom stereocenters. The van der Waals surface area contributed by atoms with E-state index in [1.165, 1.54) is 11.9 Å². The Kier molecular flexibility index (Phi) is 11.2. The van der Waals surface area contributed by atoms with Gasteiger partial charge in [0.2, 0.25) is 11.6 Å². The van der Waals surface area contributed by atoms with Crippen molar-refractivity contribution in [2.75, 3.05) is 26.7 Å². The summed E-state index contributed by atoms with van der Waals surface area (Å²) < 4.78 is 11.0. The molecule has 1 aliphatic carbocycles. The van der Waals surface area contributed by atoms with Gasteiger partial charge in [-0.3, -0.25) is 9.59 Å². The first-order valence-electron chi connectivity index (χ1n) is 14.5. The Bertz CT molecular complexity index is 1290. The van der Waals surface area contributed by atoms with E-state index in [0.717, 1.165) is 37.7 Å². The number of hydrogen-bond donors (Lipinski definition) is 3. The predicted octanol–water partition coefficient (Wildman–Crippen LogP) is 3.86. The molecule has 1 aliphatic heterocycles. The van der Waals surface area contributed by atoms with Crippen molar-refractivity contribution in [3.8, 4) is 5.75 Å². The van der Waals surface area contributed by atoms with Crippen LogP contribution >= 0.6 is 11.6 Å². The molecule has 11 nitrogen and oxygen atoms in total. The average molecular weight is 615 g/mol. The van der Waals surface area contributed by atoms with Crippen LogP contribution in [0.1, 0.15) is 49.7 Å². The smallest absolute Gasteiger partial charge is 0.408 e. The van der Waals surface area contributed by atoms with Gasteiger partial charge >= 0.3 is 12.1 Å². The highest BCUT2D eigenvalue weighted by atomic mass is 35.5. The number of ether oxygens (including phenoxy) is 2. The Balaban J connectivity index is 1.39. The van der Waals surface area contributed by atoms with E-state index in [9.17, 15) is 24.3 Å². The van der Waals surface area contributed by atoms with Crippen LogP contribution in [0, 0.1) is 5.92 Å². The van der Waals surface area contributed by atoms with Crippen LogP contribution in [-0.2, 0) is 27.5 Å². The second-order valence-corrected chi connectivity index (χ2v) is 11.6. The van der Waals surface area contributed by atoms with E-state index < -0.39 is 36.3 Å². The molecule has 1 heterocycles. The predicted molar refractivity (Wildman–Crippen MR) is 159 cm³/mol. The summed E-state index contributed by atoms with van der Waals surface area (Å²) in [5.74, 6) is 0.122. The number of aldehydes is 1. The van der Waals surface area contributed by atoms with Gasteiger partial charge in [0.05, 0.1) is 19.6 Å². The second kappa shape index (κ2) is 15.1. The number of carbonyl (C=O) groups excluding carboxylic acids is 4. The van der Waals surface area contributed by atoms with Gasteiger partial charge in [0.25, 0.3) is 0 Å². The second-order valence-electron chi connectivity index (χ2n) is 11.2. The molecular formula is C31H39ClN4O7. The summed E-state index contributed by atoms with van der Waals surface area (Å²) in [6, 6.07) is 12.7. The lowest BCUT2D eigenvalue weighted by Crippen LogP contribution is -2.62. The van der Waals surface area contributed by atoms with E-state index in [2.05, 4.69) is 10.6 Å². The number of urea groups is 1. The Morgan fingerprint density at radius 3 is 2.70 bits per heavy atom. The molecule has 0 bridgehead atoms. The fourth-order valence-electron chi connectivity index (χ4n) is 5.51. The van der Waals surface area contributed by atoms with Crippen molar-refractivity contribution in [1.82, 2.24) is 20.4 Å². The lowest BCUT2D eigenvalue weighted by Gasteiger charge is -2.33. The zero-order chi connectivity index (χ0) is 30.8. The third-order valence-electron chi connectivity index (χ3n) is 7.72. The number of para-hydroxylation sites is 1. The Morgan fingerprint density at radius 1 is 1.19 bits per heavy atom. The summed E-state index contributed by atoms with van der Waals surface area (Å²) in [4.78, 5) is 54.2. The minimum atomic E-state index is -2.39. The molecule has 2 aliphatic rings. The van der Waals surface area contributed by atoms with E-state index in [1.54, 1.807) is 29.2 Å². The van der Waals surface area contributed by atoms with Gasteiger partial charge in [0, 0.05) is 17.6 Å². The maximum absolute atomic E-state index is 13.4. The van der Waals surface area contributed by atoms with E-state index >= 15 is 0 Å². The number of rotatable bonds is 10. The maximum Gasteiger partial charge on any atom is 0.408 e. The van der Waals surface area contributed by atoms with E-state index in [-0.39, 0.29) is 32.0 Å². The molecule has 232 valence electrons. The average Bonchev–Trinajstić information content (AvgIpc) is 3.22. The fraction of sp³-hybridized carbons (Fsp3) is 0.484. The Labute approximate surface area is 256 Å². The molecule has 0 radical (unpaired) electrons. The van der Waals surface area contributed by atoms with Crippen LogP contribution in [0.25, 0.3) is 0 Å². The minimum absolute atomic E-state index is 0.0542. The SMILES string of the molecule is CN(CC(O)(C=O)NC(=O)[C@H](CC1CCCCC1)NC(=O)OCc1cccc(Cl)c1)C(=O)N1CCOc2ccccc2C1. The normalized spacial score (nSPS) is 17.2. The molecule has 2 aromatic rings. The molecule has 3 N–H and O–H groups in total. The molecule has 2 atom stereocenters. The van der Waals surface area contributed by atoms with Crippen molar-refractivity contribution < 1.29 is 33.8 Å². The molecule has 0 aromatic heterocycles. The summed E-state index contributed by atoms with van der Waals surface area (Å²) in [7, 11) is 1.44. The standard InChI is InChI=1S/C31H39ClN4O7/c1-35(30(40)36-14-15-42-27-13-6-5-11-24(27)18-36)20-31(41,21-37)34-28(38)26(17-22-8-3-2-4-9-22)33-29(39)43-19-23-10-7-12-25(32)16-23/h5-7,10-13,16,21-22,26,41H,2-4,8-9,14-15,17-20H2,1H3,(H,33,39)(H,34,38)/t26-,31?/m0/s1. The largest absolute Gasteiger partial charge is 0.491 e. The zero-order valence-corrected chi connectivity index (χ0v) is 25.1. The lowest BCUT2D eigenvalue weighted by molar-refractivity contribution is -0.141. The number of nitrogens with one attached hydrogen (secondary N) is 2. The van der Waals surface area contributed by atoms with Crippen LogP contribution in [0.4, 0.5) is 9.59 Å². The number of hydrogen-bond acceptors (Lipinski definition) is 7. The zero-order valence-electron chi connectivity index (χ0n) is 24.3. The number of aliphatic hydroxyl groups is 1. The van der Waals surface area contributed by atoms with Crippen LogP contribution in [0.15, 0.2) is 48.5 Å². The Hall–Kier alpha value is -3.83. The first kappa shape index (κ1) is 32.1. The van der Waals surface area contributed by atoms with Crippen molar-refractivity contribution >= 4 is 35.9 Å². The van der Waals surface area contributed by atoms with Gasteiger partial charge in [-0.15, -0.1) is 0 Å². The summed E-state index contributed by atoms with van der Waals surface area (Å²) in [5.41, 5.74) is -0.878. The number of halogens is 1. The molecule has 4 rings (SSSR count). The molecule has 2 aromatic carbocycles. The fourth-order valence-corrected chi connectivity index (χ4v) is 5.73. The third-order valence-corrected chi connectivity index (χ3v) is 7.96. The number of nitrogens with zero attached hydrogens (tertiary/aromatic N) is 2. The summed E-state index contributed by atoms with van der Waals surface area (Å²) in [6.07, 6.45) is 4.65. The van der Waals surface area contributed by atoms with Crippen molar-refractivity contribution in [1.29, 1.82) is 0 Å². The highest BCUT2D eigenvalue weighted by molar-refractivity contribution is 6.30. The first-order chi connectivity index (χ1) is 20.7. The van der Waals surface area contributed by atoms with Gasteiger partial charge in [0.15, 0.2) is 6.29 Å². The van der Waals surface area contributed by atoms with Crippen molar-refractivity contribution in [3.05, 3.63) is 64.7 Å². The van der Waals surface area contributed by atoms with Gasteiger partial charge in [0.1, 0.15) is 25.0 Å². The van der Waals surface area contributed by atoms with Gasteiger partial charge in [-0.1, -0.05) is 74.0 Å². The number of amides is 4. The van der Waals surface area contributed by atoms with Crippen molar-refractivity contribution in [3.63, 3.8) is 0 Å². The molecule has 1 fully saturated rings. The monoisotopic (exact) mass is 614 g/mol. The molecule has 1 saturated carbocycles. The van der Waals surface area contributed by atoms with Crippen LogP contribution < -0.4 is 15.4 Å². The van der Waals surface area contributed by atoms with E-state index in [4.69, 9.17) is 21.1 Å². The lowest BCUT2D eigenvalue weighted by atomic mass is 9.84. The van der Waals surface area contributed by atoms with Crippen LogP contribution in [-0.4, -0.2) is 77.7 Å². The van der Waals surface area contributed by atoms with Gasteiger partial charge < -0.3 is 35.0 Å². The first-order valence-corrected chi connectivity index (χ1v) is 14.9. The molecule has 43 heavy (non-hydrogen) atoms. The number of fused-ring (bicyclic) bond motifs is 1. The number of likely N-dealkylation sites (N-methyl/N-ethyl adjacent to an activating group) is 1. The van der Waals surface area contributed by atoms with Crippen LogP contribution in [0.3, 0.4) is 0 Å². The number of carbonyl (C=O) groups is 4. The number of alkyl carbamates (subject to hydrolysis) is 1. The van der Waals surface area contributed by atoms with Crippen molar-refractivity contribution in [2.24, 2.45) is 5.92 Å². The molecule has 0 spiro atoms. The van der Waals surface area contributed by atoms with E-state index in [1.807, 2.05) is 24.3 Å². The summed E-state index contributed by atoms with van der Waals surface area (Å²) in [6.45, 7) is 0.314. The highest BCUT2D eigenvalue weighted by Gasteiger charge is 2.37. The number of benzene rings is 2. The topological polar surface area (TPSA) is 138 Å². The Morgan fingerprint density at radius 2 is 1.95 bits per heavy atom. The minimum Gasteiger partial charge on any atom is -0.491 e. The molecule has 12 heteroatoms. The van der Waals surface area contributed by atoms with E-state index in [0.29, 0.717) is 29.3 Å². The van der Waals surface area contributed by atoms with Crippen LogP contribution in [0.2, 0.25) is 5.02 Å². The quantitative estimate of drug-likeness (QED) is 0.273. The molecular weight excluding hydrogens is 576 g/mol. The third kappa shape index (κ3) is 9.33.